The minimum absolute atomic E-state index is 0.00390. The number of anilines is 1. The molecule has 0 spiro atoms. The number of halogens is 1. The first-order chi connectivity index (χ1) is 13.9. The molecule has 0 atom stereocenters. The highest BCUT2D eigenvalue weighted by molar-refractivity contribution is 6.39. The molecular weight excluding hydrogens is 383 g/mol. The molecule has 29 heavy (non-hydrogen) atoms. The number of amides is 4. The first-order valence-electron chi connectivity index (χ1n) is 8.36. The van der Waals surface area contributed by atoms with Gasteiger partial charge in [0.1, 0.15) is 11.4 Å². The molecule has 0 unspecified atom stereocenters. The van der Waals surface area contributed by atoms with Crippen LogP contribution in [0.25, 0.3) is 6.08 Å². The van der Waals surface area contributed by atoms with E-state index in [1.165, 1.54) is 57.7 Å². The van der Waals surface area contributed by atoms with Crippen LogP contribution in [-0.4, -0.2) is 39.2 Å². The lowest BCUT2D eigenvalue weighted by atomic mass is 10.1. The standard InChI is InChI=1S/C20H17FN2O6/c1-27-15-8-11(9-16(28-2)17(15)29-3)7-14-18(24)22-20(26)23(19(14)25)13-6-4-5-12(21)10-13/h4-10H,1-3H3,(H,22,24,26)/b14-7+. The fourth-order valence-electron chi connectivity index (χ4n) is 2.86. The van der Waals surface area contributed by atoms with Crippen molar-refractivity contribution in [1.29, 1.82) is 0 Å². The van der Waals surface area contributed by atoms with Crippen LogP contribution in [0.1, 0.15) is 5.56 Å². The normalized spacial score (nSPS) is 15.4. The zero-order valence-electron chi connectivity index (χ0n) is 15.8. The Morgan fingerprint density at radius 2 is 1.62 bits per heavy atom. The van der Waals surface area contributed by atoms with Gasteiger partial charge in [0.15, 0.2) is 11.5 Å². The van der Waals surface area contributed by atoms with E-state index >= 15 is 0 Å². The predicted octanol–water partition coefficient (Wildman–Crippen LogP) is 2.52. The molecule has 1 saturated heterocycles. The molecule has 3 rings (SSSR count). The second kappa shape index (κ2) is 8.01. The third-order valence-electron chi connectivity index (χ3n) is 4.17. The zero-order chi connectivity index (χ0) is 21.1. The third-order valence-corrected chi connectivity index (χ3v) is 4.17. The van der Waals surface area contributed by atoms with Crippen LogP contribution in [0.2, 0.25) is 0 Å². The molecule has 1 heterocycles. The topological polar surface area (TPSA) is 94.2 Å². The predicted molar refractivity (Wildman–Crippen MR) is 101 cm³/mol. The van der Waals surface area contributed by atoms with Gasteiger partial charge in [-0.25, -0.2) is 14.1 Å². The Bertz CT molecular complexity index is 1010. The molecule has 9 heteroatoms. The Kier molecular flexibility index (Phi) is 5.49. The van der Waals surface area contributed by atoms with Crippen molar-refractivity contribution in [1.82, 2.24) is 5.32 Å². The number of imide groups is 2. The molecule has 150 valence electrons. The lowest BCUT2D eigenvalue weighted by Crippen LogP contribution is -2.54. The number of carbonyl (C=O) groups excluding carboxylic acids is 3. The summed E-state index contributed by atoms with van der Waals surface area (Å²) >= 11 is 0. The summed E-state index contributed by atoms with van der Waals surface area (Å²) in [5.74, 6) is -1.41. The van der Waals surface area contributed by atoms with Gasteiger partial charge in [0.05, 0.1) is 27.0 Å². The van der Waals surface area contributed by atoms with E-state index in [1.807, 2.05) is 0 Å². The number of nitrogens with one attached hydrogen (secondary N) is 1. The van der Waals surface area contributed by atoms with Crippen LogP contribution >= 0.6 is 0 Å². The summed E-state index contributed by atoms with van der Waals surface area (Å²) in [4.78, 5) is 38.0. The van der Waals surface area contributed by atoms with E-state index in [4.69, 9.17) is 14.2 Å². The largest absolute Gasteiger partial charge is 0.493 e. The number of nitrogens with zero attached hydrogens (tertiary/aromatic N) is 1. The molecule has 2 aromatic carbocycles. The summed E-state index contributed by atoms with van der Waals surface area (Å²) < 4.78 is 29.3. The number of hydrogen-bond donors (Lipinski definition) is 1. The van der Waals surface area contributed by atoms with Crippen LogP contribution in [0.3, 0.4) is 0 Å². The van der Waals surface area contributed by atoms with E-state index in [9.17, 15) is 18.8 Å². The molecule has 0 aliphatic carbocycles. The van der Waals surface area contributed by atoms with Gasteiger partial charge in [0.25, 0.3) is 11.8 Å². The molecule has 4 amide bonds. The monoisotopic (exact) mass is 400 g/mol. The summed E-state index contributed by atoms with van der Waals surface area (Å²) in [5.41, 5.74) is 0.0745. The van der Waals surface area contributed by atoms with Crippen molar-refractivity contribution in [2.45, 2.75) is 0 Å². The lowest BCUT2D eigenvalue weighted by Gasteiger charge is -2.26. The number of carbonyl (C=O) groups is 3. The number of methoxy groups -OCH3 is 3. The minimum atomic E-state index is -0.965. The first kappa shape index (κ1) is 19.9. The van der Waals surface area contributed by atoms with Crippen LogP contribution in [0.4, 0.5) is 14.9 Å². The van der Waals surface area contributed by atoms with Crippen molar-refractivity contribution in [3.63, 3.8) is 0 Å². The maximum Gasteiger partial charge on any atom is 0.335 e. The molecule has 1 aliphatic heterocycles. The molecular formula is C20H17FN2O6. The summed E-state index contributed by atoms with van der Waals surface area (Å²) in [6.45, 7) is 0. The Balaban J connectivity index is 2.07. The van der Waals surface area contributed by atoms with E-state index in [1.54, 1.807) is 0 Å². The molecule has 0 radical (unpaired) electrons. The Hall–Kier alpha value is -3.88. The van der Waals surface area contributed by atoms with Crippen molar-refractivity contribution in [2.24, 2.45) is 0 Å². The van der Waals surface area contributed by atoms with Crippen LogP contribution in [0.5, 0.6) is 17.2 Å². The van der Waals surface area contributed by atoms with Crippen LogP contribution < -0.4 is 24.4 Å². The van der Waals surface area contributed by atoms with Gasteiger partial charge < -0.3 is 14.2 Å². The van der Waals surface area contributed by atoms with Gasteiger partial charge >= 0.3 is 6.03 Å². The highest BCUT2D eigenvalue weighted by Crippen LogP contribution is 2.39. The molecule has 2 aromatic rings. The van der Waals surface area contributed by atoms with Crippen LogP contribution in [-0.2, 0) is 9.59 Å². The SMILES string of the molecule is COc1cc(/C=C2\C(=O)NC(=O)N(c3cccc(F)c3)C2=O)cc(OC)c1OC. The maximum atomic E-state index is 13.5. The van der Waals surface area contributed by atoms with Gasteiger partial charge in [-0.1, -0.05) is 6.07 Å². The molecule has 1 fully saturated rings. The second-order valence-corrected chi connectivity index (χ2v) is 5.90. The highest BCUT2D eigenvalue weighted by Gasteiger charge is 2.37. The number of benzene rings is 2. The smallest absolute Gasteiger partial charge is 0.335 e. The van der Waals surface area contributed by atoms with Crippen LogP contribution in [0, 0.1) is 5.82 Å². The fourth-order valence-corrected chi connectivity index (χ4v) is 2.86. The van der Waals surface area contributed by atoms with Crippen LogP contribution in [0.15, 0.2) is 42.0 Å². The van der Waals surface area contributed by atoms with Gasteiger partial charge in [-0.3, -0.25) is 14.9 Å². The second-order valence-electron chi connectivity index (χ2n) is 5.90. The van der Waals surface area contributed by atoms with Crippen molar-refractivity contribution in [2.75, 3.05) is 26.2 Å². The molecule has 0 saturated carbocycles. The number of urea groups is 1. The number of ether oxygens (including phenoxy) is 3. The van der Waals surface area contributed by atoms with Gasteiger partial charge in [0, 0.05) is 0 Å². The Labute approximate surface area is 165 Å². The number of barbiturate groups is 1. The summed E-state index contributed by atoms with van der Waals surface area (Å²) in [7, 11) is 4.30. The van der Waals surface area contributed by atoms with Crippen molar-refractivity contribution < 1.29 is 33.0 Å². The third kappa shape index (κ3) is 3.75. The quantitative estimate of drug-likeness (QED) is 0.612. The first-order valence-corrected chi connectivity index (χ1v) is 8.36. The van der Waals surface area contributed by atoms with Crippen molar-refractivity contribution >= 4 is 29.6 Å². The molecule has 8 nitrogen and oxygen atoms in total. The molecule has 1 N–H and O–H groups in total. The highest BCUT2D eigenvalue weighted by atomic mass is 19.1. The lowest BCUT2D eigenvalue weighted by molar-refractivity contribution is -0.122. The molecule has 0 bridgehead atoms. The minimum Gasteiger partial charge on any atom is -0.493 e. The molecule has 0 aromatic heterocycles. The van der Waals surface area contributed by atoms with E-state index < -0.39 is 23.7 Å². The van der Waals surface area contributed by atoms with E-state index in [2.05, 4.69) is 5.32 Å². The summed E-state index contributed by atoms with van der Waals surface area (Å²) in [6, 6.07) is 7.04. The van der Waals surface area contributed by atoms with Gasteiger partial charge in [-0.2, -0.15) is 0 Å². The average molecular weight is 400 g/mol. The van der Waals surface area contributed by atoms with Gasteiger partial charge in [0.2, 0.25) is 5.75 Å². The van der Waals surface area contributed by atoms with Gasteiger partial charge in [-0.15, -0.1) is 0 Å². The van der Waals surface area contributed by atoms with E-state index in [0.717, 1.165) is 6.07 Å². The summed E-state index contributed by atoms with van der Waals surface area (Å²) in [5, 5.41) is 2.08. The Morgan fingerprint density at radius 3 is 2.17 bits per heavy atom. The summed E-state index contributed by atoms with van der Waals surface area (Å²) in [6.07, 6.45) is 1.28. The zero-order valence-corrected chi connectivity index (χ0v) is 15.8. The maximum absolute atomic E-state index is 13.5. The molecule has 1 aliphatic rings. The van der Waals surface area contributed by atoms with E-state index in [-0.39, 0.29) is 11.3 Å². The van der Waals surface area contributed by atoms with Crippen molar-refractivity contribution in [3.05, 3.63) is 53.4 Å². The van der Waals surface area contributed by atoms with Crippen molar-refractivity contribution in [3.8, 4) is 17.2 Å². The van der Waals surface area contributed by atoms with Gasteiger partial charge in [-0.05, 0) is 42.0 Å². The Morgan fingerprint density at radius 1 is 0.966 bits per heavy atom. The fraction of sp³-hybridized carbons (Fsp3) is 0.150. The van der Waals surface area contributed by atoms with E-state index in [0.29, 0.717) is 27.7 Å². The number of rotatable bonds is 5. The number of hydrogen-bond acceptors (Lipinski definition) is 6. The average Bonchev–Trinajstić information content (AvgIpc) is 2.70.